The number of hydrogen-bond donors (Lipinski definition) is 3. The minimum atomic E-state index is -3.99. The number of aliphatic hydroxyl groups excluding tert-OH is 1. The van der Waals surface area contributed by atoms with Crippen molar-refractivity contribution < 1.29 is 23.0 Å². The number of aliphatic hydroxyl groups is 1. The molecular weight excluding hydrogens is 414 g/mol. The van der Waals surface area contributed by atoms with Crippen LogP contribution in [0.2, 0.25) is 0 Å². The van der Waals surface area contributed by atoms with Gasteiger partial charge in [-0.25, -0.2) is 13.2 Å². The third-order valence-corrected chi connectivity index (χ3v) is 6.19. The second-order valence-electron chi connectivity index (χ2n) is 6.54. The number of hydrogen-bond acceptors (Lipinski definition) is 7. The number of benzene rings is 2. The lowest BCUT2D eigenvalue weighted by Crippen LogP contribution is -2.37. The first kappa shape index (κ1) is 21.6. The van der Waals surface area contributed by atoms with E-state index in [-0.39, 0.29) is 29.0 Å². The zero-order valence-corrected chi connectivity index (χ0v) is 17.1. The lowest BCUT2D eigenvalue weighted by atomic mass is 10.2. The van der Waals surface area contributed by atoms with Crippen molar-refractivity contribution in [3.05, 3.63) is 63.3 Å². The molecule has 10 nitrogen and oxygen atoms in total. The van der Waals surface area contributed by atoms with Crippen molar-refractivity contribution in [2.45, 2.75) is 11.0 Å². The SMILES string of the molecule is COc1cccc(OC[C@H](O)CN(C)S(=O)(=O)c2ccc3[nH]c(=O)[nH]c(=O)c3c2)c1. The Balaban J connectivity index is 1.72. The van der Waals surface area contributed by atoms with Gasteiger partial charge in [-0.15, -0.1) is 0 Å². The van der Waals surface area contributed by atoms with Crippen molar-refractivity contribution in [1.29, 1.82) is 0 Å². The van der Waals surface area contributed by atoms with Gasteiger partial charge in [0.05, 0.1) is 22.9 Å². The normalized spacial score (nSPS) is 12.8. The molecule has 0 amide bonds. The quantitative estimate of drug-likeness (QED) is 0.461. The number of nitrogens with one attached hydrogen (secondary N) is 2. The van der Waals surface area contributed by atoms with E-state index in [1.165, 1.54) is 32.4 Å². The van der Waals surface area contributed by atoms with E-state index in [9.17, 15) is 23.1 Å². The molecule has 0 spiro atoms. The average Bonchev–Trinajstić information content (AvgIpc) is 2.72. The molecule has 2 aromatic carbocycles. The number of ether oxygens (including phenoxy) is 2. The number of aromatic nitrogens is 2. The van der Waals surface area contributed by atoms with E-state index < -0.39 is 27.4 Å². The molecule has 3 aromatic rings. The Hall–Kier alpha value is -3.15. The van der Waals surface area contributed by atoms with Crippen molar-refractivity contribution in [3.63, 3.8) is 0 Å². The zero-order valence-electron chi connectivity index (χ0n) is 16.3. The van der Waals surface area contributed by atoms with Crippen LogP contribution in [0.3, 0.4) is 0 Å². The Kier molecular flexibility index (Phi) is 6.25. The van der Waals surface area contributed by atoms with Crippen LogP contribution in [-0.4, -0.2) is 61.2 Å². The van der Waals surface area contributed by atoms with Crippen LogP contribution in [0.1, 0.15) is 0 Å². The Bertz CT molecular complexity index is 1270. The number of nitrogens with zero attached hydrogens (tertiary/aromatic N) is 1. The van der Waals surface area contributed by atoms with Crippen LogP contribution >= 0.6 is 0 Å². The van der Waals surface area contributed by atoms with E-state index in [2.05, 4.69) is 9.97 Å². The maximum Gasteiger partial charge on any atom is 0.326 e. The molecule has 1 atom stereocenters. The van der Waals surface area contributed by atoms with Gasteiger partial charge in [-0.2, -0.15) is 4.31 Å². The van der Waals surface area contributed by atoms with Gasteiger partial charge < -0.3 is 19.6 Å². The maximum absolute atomic E-state index is 12.8. The van der Waals surface area contributed by atoms with Gasteiger partial charge in [0.25, 0.3) is 5.56 Å². The van der Waals surface area contributed by atoms with Crippen LogP contribution in [0, 0.1) is 0 Å². The molecule has 0 fully saturated rings. The largest absolute Gasteiger partial charge is 0.497 e. The number of sulfonamides is 1. The molecule has 0 saturated carbocycles. The van der Waals surface area contributed by atoms with E-state index in [4.69, 9.17) is 9.47 Å². The molecule has 0 radical (unpaired) electrons. The van der Waals surface area contributed by atoms with E-state index in [1.54, 1.807) is 24.3 Å². The summed E-state index contributed by atoms with van der Waals surface area (Å²) < 4.78 is 37.2. The molecule has 0 unspecified atom stereocenters. The lowest BCUT2D eigenvalue weighted by Gasteiger charge is -2.21. The number of fused-ring (bicyclic) bond motifs is 1. The van der Waals surface area contributed by atoms with Gasteiger partial charge in [-0.05, 0) is 30.3 Å². The number of aromatic amines is 2. The molecule has 0 aliphatic rings. The van der Waals surface area contributed by atoms with Gasteiger partial charge in [0, 0.05) is 19.7 Å². The second-order valence-corrected chi connectivity index (χ2v) is 8.59. The van der Waals surface area contributed by atoms with Crippen LogP contribution in [-0.2, 0) is 10.0 Å². The fourth-order valence-electron chi connectivity index (χ4n) is 2.82. The van der Waals surface area contributed by atoms with Crippen molar-refractivity contribution in [2.75, 3.05) is 27.3 Å². The highest BCUT2D eigenvalue weighted by molar-refractivity contribution is 7.89. The van der Waals surface area contributed by atoms with Crippen molar-refractivity contribution in [1.82, 2.24) is 14.3 Å². The summed E-state index contributed by atoms with van der Waals surface area (Å²) in [6.45, 7) is -0.363. The van der Waals surface area contributed by atoms with Crippen molar-refractivity contribution in [3.8, 4) is 11.5 Å². The third kappa shape index (κ3) is 4.70. The fourth-order valence-corrected chi connectivity index (χ4v) is 4.05. The molecule has 3 N–H and O–H groups in total. The van der Waals surface area contributed by atoms with E-state index in [1.807, 2.05) is 0 Å². The van der Waals surface area contributed by atoms with Crippen LogP contribution in [0.4, 0.5) is 0 Å². The number of methoxy groups -OCH3 is 1. The Morgan fingerprint density at radius 3 is 2.57 bits per heavy atom. The molecule has 0 saturated heterocycles. The highest BCUT2D eigenvalue weighted by Crippen LogP contribution is 2.20. The number of H-pyrrole nitrogens is 2. The van der Waals surface area contributed by atoms with Crippen LogP contribution in [0.15, 0.2) is 56.9 Å². The molecule has 0 aliphatic heterocycles. The molecule has 30 heavy (non-hydrogen) atoms. The van der Waals surface area contributed by atoms with E-state index in [0.717, 1.165) is 4.31 Å². The Morgan fingerprint density at radius 1 is 1.10 bits per heavy atom. The second kappa shape index (κ2) is 8.69. The first-order chi connectivity index (χ1) is 14.2. The monoisotopic (exact) mass is 435 g/mol. The summed E-state index contributed by atoms with van der Waals surface area (Å²) in [6.07, 6.45) is -1.10. The summed E-state index contributed by atoms with van der Waals surface area (Å²) in [5, 5.41) is 10.2. The maximum atomic E-state index is 12.8. The molecule has 3 rings (SSSR count). The summed E-state index contributed by atoms with van der Waals surface area (Å²) in [4.78, 5) is 27.6. The first-order valence-corrected chi connectivity index (χ1v) is 10.3. The minimum absolute atomic E-state index is 0.0333. The van der Waals surface area contributed by atoms with Crippen LogP contribution in [0.25, 0.3) is 10.9 Å². The van der Waals surface area contributed by atoms with Gasteiger partial charge in [-0.3, -0.25) is 9.78 Å². The Labute approximate surface area is 171 Å². The van der Waals surface area contributed by atoms with Gasteiger partial charge in [-0.1, -0.05) is 6.07 Å². The topological polar surface area (TPSA) is 142 Å². The van der Waals surface area contributed by atoms with Crippen molar-refractivity contribution >= 4 is 20.9 Å². The highest BCUT2D eigenvalue weighted by atomic mass is 32.2. The molecule has 0 aliphatic carbocycles. The predicted octanol–water partition coefficient (Wildman–Crippen LogP) is 0.285. The first-order valence-electron chi connectivity index (χ1n) is 8.88. The summed E-state index contributed by atoms with van der Waals surface area (Å²) in [5.41, 5.74) is -1.16. The average molecular weight is 435 g/mol. The van der Waals surface area contributed by atoms with Gasteiger partial charge in [0.15, 0.2) is 0 Å². The molecular formula is C19H21N3O7S. The lowest BCUT2D eigenvalue weighted by molar-refractivity contribution is 0.0934. The number of likely N-dealkylation sites (N-methyl/N-ethyl adjacent to an activating group) is 1. The molecule has 11 heteroatoms. The smallest absolute Gasteiger partial charge is 0.326 e. The van der Waals surface area contributed by atoms with E-state index >= 15 is 0 Å². The third-order valence-electron chi connectivity index (χ3n) is 4.37. The molecule has 160 valence electrons. The molecule has 1 aromatic heterocycles. The van der Waals surface area contributed by atoms with Gasteiger partial charge in [0.1, 0.15) is 24.2 Å². The highest BCUT2D eigenvalue weighted by Gasteiger charge is 2.24. The fraction of sp³-hybridized carbons (Fsp3) is 0.263. The standard InChI is InChI=1S/C19H21N3O7S/c1-22(10-12(23)11-29-14-5-3-4-13(8-14)28-2)30(26,27)15-6-7-17-16(9-15)18(24)21-19(25)20-17/h3-9,12,23H,10-11H2,1-2H3,(H2,20,21,24,25)/t12-/m1/s1. The van der Waals surface area contributed by atoms with Gasteiger partial charge in [0.2, 0.25) is 10.0 Å². The molecule has 0 bridgehead atoms. The zero-order chi connectivity index (χ0) is 21.9. The van der Waals surface area contributed by atoms with Crippen LogP contribution < -0.4 is 20.7 Å². The minimum Gasteiger partial charge on any atom is -0.497 e. The Morgan fingerprint density at radius 2 is 1.83 bits per heavy atom. The van der Waals surface area contributed by atoms with Gasteiger partial charge >= 0.3 is 5.69 Å². The van der Waals surface area contributed by atoms with Crippen LogP contribution in [0.5, 0.6) is 11.5 Å². The molecule has 1 heterocycles. The van der Waals surface area contributed by atoms with Crippen molar-refractivity contribution in [2.24, 2.45) is 0 Å². The van der Waals surface area contributed by atoms with E-state index in [0.29, 0.717) is 11.5 Å². The summed E-state index contributed by atoms with van der Waals surface area (Å²) >= 11 is 0. The predicted molar refractivity (Wildman–Crippen MR) is 110 cm³/mol. The summed E-state index contributed by atoms with van der Waals surface area (Å²) in [7, 11) is -1.16. The summed E-state index contributed by atoms with van der Waals surface area (Å²) in [6, 6.07) is 10.6. The number of rotatable bonds is 8. The summed E-state index contributed by atoms with van der Waals surface area (Å²) in [5.74, 6) is 1.07.